The third-order valence-electron chi connectivity index (χ3n) is 3.85. The van der Waals surface area contributed by atoms with Gasteiger partial charge in [-0.3, -0.25) is 0 Å². The fourth-order valence-corrected chi connectivity index (χ4v) is 4.33. The van der Waals surface area contributed by atoms with Crippen molar-refractivity contribution in [3.8, 4) is 0 Å². The average molecular weight is 430 g/mol. The highest BCUT2D eigenvalue weighted by Crippen LogP contribution is 2.42. The molecule has 0 radical (unpaired) electrons. The molecule has 2 nitrogen and oxygen atoms in total. The van der Waals surface area contributed by atoms with Crippen molar-refractivity contribution in [2.45, 2.75) is 58.4 Å². The summed E-state index contributed by atoms with van der Waals surface area (Å²) in [5.74, 6) is -0.490. The summed E-state index contributed by atoms with van der Waals surface area (Å²) in [5.41, 5.74) is -0.272. The molecule has 0 aliphatic rings. The maximum Gasteiger partial charge on any atom is 0.193 e. The molecule has 0 spiro atoms. The van der Waals surface area contributed by atoms with Crippen LogP contribution in [0.4, 0.5) is 4.39 Å². The molecule has 0 amide bonds. The van der Waals surface area contributed by atoms with E-state index in [0.29, 0.717) is 9.26 Å². The maximum atomic E-state index is 14.3. The molecule has 1 aromatic rings. The van der Waals surface area contributed by atoms with Crippen LogP contribution in [0.2, 0.25) is 23.3 Å². The van der Waals surface area contributed by atoms with Crippen molar-refractivity contribution < 1.29 is 8.82 Å². The van der Waals surface area contributed by atoms with Gasteiger partial charge in [-0.25, -0.2) is 9.37 Å². The van der Waals surface area contributed by atoms with Crippen LogP contribution in [0, 0.1) is 9.52 Å². The molecule has 0 atom stereocenters. The summed E-state index contributed by atoms with van der Waals surface area (Å²) in [7, 11) is -2.01. The lowest BCUT2D eigenvalue weighted by molar-refractivity contribution is 0.0859. The van der Waals surface area contributed by atoms with Crippen molar-refractivity contribution in [2.24, 2.45) is 0 Å². The van der Waals surface area contributed by atoms with Gasteiger partial charge in [-0.1, -0.05) is 32.4 Å². The standard InChI is InChI=1S/C14H22ClFINOSi/c1-13(2,3)20(6,7)19-14(4,5)9-8-10(17)18-12(15)11(9)16/h8H,1-7H3. The molecule has 1 heterocycles. The summed E-state index contributed by atoms with van der Waals surface area (Å²) in [6.07, 6.45) is 0. The Morgan fingerprint density at radius 2 is 1.75 bits per heavy atom. The first-order valence-corrected chi connectivity index (χ1v) is 10.9. The van der Waals surface area contributed by atoms with Crippen molar-refractivity contribution in [1.29, 1.82) is 0 Å². The summed E-state index contributed by atoms with van der Waals surface area (Å²) >= 11 is 7.89. The Morgan fingerprint density at radius 1 is 1.25 bits per heavy atom. The SMILES string of the molecule is CC(C)(O[Si](C)(C)C(C)(C)C)c1cc(I)nc(Cl)c1F. The zero-order valence-corrected chi connectivity index (χ0v) is 17.0. The quantitative estimate of drug-likeness (QED) is 0.347. The van der Waals surface area contributed by atoms with E-state index in [-0.39, 0.29) is 10.2 Å². The summed E-state index contributed by atoms with van der Waals surface area (Å²) in [6, 6.07) is 1.70. The third kappa shape index (κ3) is 3.93. The van der Waals surface area contributed by atoms with E-state index in [9.17, 15) is 4.39 Å². The minimum atomic E-state index is -2.01. The van der Waals surface area contributed by atoms with Crippen LogP contribution >= 0.6 is 34.2 Å². The largest absolute Gasteiger partial charge is 0.408 e. The van der Waals surface area contributed by atoms with Crippen LogP contribution in [-0.4, -0.2) is 13.3 Å². The zero-order chi connectivity index (χ0) is 15.9. The Bertz CT molecular complexity index is 515. The van der Waals surface area contributed by atoms with E-state index in [1.54, 1.807) is 6.07 Å². The number of pyridine rings is 1. The second-order valence-corrected chi connectivity index (χ2v) is 13.2. The number of halogens is 3. The molecule has 0 aromatic carbocycles. The van der Waals surface area contributed by atoms with E-state index >= 15 is 0 Å². The van der Waals surface area contributed by atoms with Crippen molar-refractivity contribution in [1.82, 2.24) is 4.98 Å². The lowest BCUT2D eigenvalue weighted by Crippen LogP contribution is -2.46. The second kappa shape index (κ2) is 5.82. The fraction of sp³-hybridized carbons (Fsp3) is 0.643. The summed E-state index contributed by atoms with van der Waals surface area (Å²) in [4.78, 5) is 3.93. The minimum absolute atomic E-state index is 0.0602. The molecule has 0 saturated heterocycles. The van der Waals surface area contributed by atoms with Crippen LogP contribution in [0.25, 0.3) is 0 Å². The smallest absolute Gasteiger partial charge is 0.193 e. The van der Waals surface area contributed by atoms with Crippen LogP contribution in [0.3, 0.4) is 0 Å². The average Bonchev–Trinajstić information content (AvgIpc) is 2.19. The molecule has 0 N–H and O–H groups in total. The maximum absolute atomic E-state index is 14.3. The fourth-order valence-electron chi connectivity index (χ4n) is 1.75. The molecule has 114 valence electrons. The monoisotopic (exact) mass is 429 g/mol. The molecular formula is C14H22ClFINOSi. The molecule has 1 aromatic heterocycles. The molecule has 0 fully saturated rings. The van der Waals surface area contributed by atoms with Gasteiger partial charge in [0, 0.05) is 5.56 Å². The molecule has 0 aliphatic carbocycles. The topological polar surface area (TPSA) is 22.1 Å². The first kappa shape index (κ1) is 18.3. The molecular weight excluding hydrogens is 408 g/mol. The highest BCUT2D eigenvalue weighted by Gasteiger charge is 2.43. The number of rotatable bonds is 3. The van der Waals surface area contributed by atoms with Crippen LogP contribution in [0.15, 0.2) is 6.07 Å². The van der Waals surface area contributed by atoms with Gasteiger partial charge in [-0.15, -0.1) is 0 Å². The van der Waals surface area contributed by atoms with Gasteiger partial charge in [0.1, 0.15) is 3.70 Å². The van der Waals surface area contributed by atoms with Gasteiger partial charge in [0.05, 0.1) is 5.60 Å². The van der Waals surface area contributed by atoms with Crippen LogP contribution in [0.5, 0.6) is 0 Å². The van der Waals surface area contributed by atoms with Crippen LogP contribution in [0.1, 0.15) is 40.2 Å². The van der Waals surface area contributed by atoms with E-state index in [4.69, 9.17) is 16.0 Å². The van der Waals surface area contributed by atoms with E-state index in [2.05, 4.69) is 38.8 Å². The van der Waals surface area contributed by atoms with Gasteiger partial charge in [0.25, 0.3) is 0 Å². The Kier molecular flexibility index (Phi) is 5.33. The Labute approximate surface area is 140 Å². The molecule has 20 heavy (non-hydrogen) atoms. The summed E-state index contributed by atoms with van der Waals surface area (Å²) < 4.78 is 21.3. The van der Waals surface area contributed by atoms with E-state index in [1.807, 2.05) is 36.4 Å². The highest BCUT2D eigenvalue weighted by atomic mass is 127. The highest BCUT2D eigenvalue weighted by molar-refractivity contribution is 14.1. The van der Waals surface area contributed by atoms with Gasteiger partial charge in [0.2, 0.25) is 0 Å². The summed E-state index contributed by atoms with van der Waals surface area (Å²) in [6.45, 7) is 14.6. The lowest BCUT2D eigenvalue weighted by Gasteiger charge is -2.43. The van der Waals surface area contributed by atoms with Crippen molar-refractivity contribution in [2.75, 3.05) is 0 Å². The number of hydrogen-bond donors (Lipinski definition) is 0. The van der Waals surface area contributed by atoms with Crippen LogP contribution < -0.4 is 0 Å². The first-order chi connectivity index (χ1) is 8.78. The Hall–Kier alpha value is 0.277. The minimum Gasteiger partial charge on any atom is -0.408 e. The van der Waals surface area contributed by atoms with Crippen LogP contribution in [-0.2, 0) is 10.0 Å². The molecule has 0 bridgehead atoms. The van der Waals surface area contributed by atoms with E-state index in [0.717, 1.165) is 0 Å². The molecule has 0 unspecified atom stereocenters. The zero-order valence-electron chi connectivity index (χ0n) is 13.1. The van der Waals surface area contributed by atoms with E-state index < -0.39 is 19.7 Å². The second-order valence-electron chi connectivity index (χ2n) is 6.97. The number of aromatic nitrogens is 1. The number of nitrogens with zero attached hydrogens (tertiary/aromatic N) is 1. The van der Waals surface area contributed by atoms with Crippen molar-refractivity contribution in [3.05, 3.63) is 26.3 Å². The first-order valence-electron chi connectivity index (χ1n) is 6.50. The van der Waals surface area contributed by atoms with Gasteiger partial charge in [-0.05, 0) is 60.6 Å². The van der Waals surface area contributed by atoms with Crippen molar-refractivity contribution >= 4 is 42.5 Å². The third-order valence-corrected chi connectivity index (χ3v) is 9.29. The van der Waals surface area contributed by atoms with Gasteiger partial charge >= 0.3 is 0 Å². The lowest BCUT2D eigenvalue weighted by atomic mass is 9.99. The molecule has 0 aliphatic heterocycles. The van der Waals surface area contributed by atoms with Gasteiger partial charge in [-0.2, -0.15) is 0 Å². The molecule has 6 heteroatoms. The molecule has 1 rings (SSSR count). The van der Waals surface area contributed by atoms with Crippen molar-refractivity contribution in [3.63, 3.8) is 0 Å². The summed E-state index contributed by atoms with van der Waals surface area (Å²) in [5, 5.41) is -0.0381. The number of hydrogen-bond acceptors (Lipinski definition) is 2. The Morgan fingerprint density at radius 3 is 2.20 bits per heavy atom. The predicted octanol–water partition coefficient (Wildman–Crippen LogP) is 5.74. The molecule has 0 saturated carbocycles. The van der Waals surface area contributed by atoms with Gasteiger partial charge < -0.3 is 4.43 Å². The van der Waals surface area contributed by atoms with Gasteiger partial charge in [0.15, 0.2) is 19.3 Å². The Balaban J connectivity index is 3.25. The van der Waals surface area contributed by atoms with E-state index in [1.165, 1.54) is 0 Å². The normalized spacial score (nSPS) is 13.7. The predicted molar refractivity (Wildman–Crippen MR) is 93.2 cm³/mol.